The van der Waals surface area contributed by atoms with E-state index in [9.17, 15) is 4.79 Å². The van der Waals surface area contributed by atoms with Gasteiger partial charge in [0.15, 0.2) is 0 Å². The fraction of sp³-hybridized carbons (Fsp3) is 0.692. The molecule has 1 fully saturated rings. The highest BCUT2D eigenvalue weighted by molar-refractivity contribution is 5.74. The Bertz CT molecular complexity index is 401. The third-order valence-electron chi connectivity index (χ3n) is 3.70. The van der Waals surface area contributed by atoms with Gasteiger partial charge in [-0.2, -0.15) is 5.10 Å². The number of nitrogens with one attached hydrogen (secondary N) is 1. The highest BCUT2D eigenvalue weighted by Crippen LogP contribution is 2.19. The molecule has 2 heterocycles. The smallest absolute Gasteiger partial charge is 0.317 e. The molecule has 18 heavy (non-hydrogen) atoms. The fourth-order valence-electron chi connectivity index (χ4n) is 2.53. The fourth-order valence-corrected chi connectivity index (χ4v) is 2.53. The molecule has 1 saturated heterocycles. The Hall–Kier alpha value is -1.52. The van der Waals surface area contributed by atoms with Crippen molar-refractivity contribution >= 4 is 6.03 Å². The molecule has 2 amide bonds. The van der Waals surface area contributed by atoms with Crippen molar-refractivity contribution < 1.29 is 4.79 Å². The molecule has 0 saturated carbocycles. The summed E-state index contributed by atoms with van der Waals surface area (Å²) in [5.41, 5.74) is 1.02. The minimum atomic E-state index is 0.0581. The maximum atomic E-state index is 12.2. The van der Waals surface area contributed by atoms with Gasteiger partial charge < -0.3 is 10.2 Å². The number of likely N-dealkylation sites (tertiary alicyclic amines) is 1. The summed E-state index contributed by atoms with van der Waals surface area (Å²) in [4.78, 5) is 14.1. The second-order valence-electron chi connectivity index (χ2n) is 4.86. The Morgan fingerprint density at radius 2 is 2.39 bits per heavy atom. The highest BCUT2D eigenvalue weighted by atomic mass is 16.2. The van der Waals surface area contributed by atoms with E-state index < -0.39 is 0 Å². The first-order valence-corrected chi connectivity index (χ1v) is 6.73. The van der Waals surface area contributed by atoms with Crippen LogP contribution in [-0.4, -0.2) is 33.3 Å². The Morgan fingerprint density at radius 3 is 3.06 bits per heavy atom. The average Bonchev–Trinajstić information content (AvgIpc) is 2.81. The van der Waals surface area contributed by atoms with Gasteiger partial charge in [-0.05, 0) is 31.7 Å². The first-order chi connectivity index (χ1) is 8.72. The molecule has 0 radical (unpaired) electrons. The maximum Gasteiger partial charge on any atom is 0.317 e. The van der Waals surface area contributed by atoms with Gasteiger partial charge >= 0.3 is 6.03 Å². The third kappa shape index (κ3) is 2.83. The van der Waals surface area contributed by atoms with E-state index in [0.717, 1.165) is 31.5 Å². The predicted octanol–water partition coefficient (Wildman–Crippen LogP) is 1.89. The number of hydrogen-bond donors (Lipinski definition) is 1. The summed E-state index contributed by atoms with van der Waals surface area (Å²) in [6, 6.07) is 2.39. The van der Waals surface area contributed by atoms with E-state index in [1.54, 1.807) is 10.9 Å². The van der Waals surface area contributed by atoms with E-state index in [1.807, 2.05) is 18.0 Å². The molecule has 1 unspecified atom stereocenters. The number of nitrogens with zero attached hydrogens (tertiary/aromatic N) is 3. The van der Waals surface area contributed by atoms with Gasteiger partial charge in [-0.1, -0.05) is 6.92 Å². The molecule has 1 aliphatic rings. The summed E-state index contributed by atoms with van der Waals surface area (Å²) in [6.07, 6.45) is 6.28. The van der Waals surface area contributed by atoms with Crippen molar-refractivity contribution in [2.24, 2.45) is 7.05 Å². The van der Waals surface area contributed by atoms with Crippen LogP contribution in [0, 0.1) is 0 Å². The topological polar surface area (TPSA) is 50.2 Å². The minimum Gasteiger partial charge on any atom is -0.332 e. The number of amides is 2. The molecular formula is C13H22N4O. The molecule has 1 aromatic heterocycles. The van der Waals surface area contributed by atoms with Crippen molar-refractivity contribution in [2.45, 2.75) is 45.2 Å². The number of piperidine rings is 1. The van der Waals surface area contributed by atoms with Crippen LogP contribution in [0.3, 0.4) is 0 Å². The Balaban J connectivity index is 1.89. The van der Waals surface area contributed by atoms with Crippen LogP contribution in [0.2, 0.25) is 0 Å². The summed E-state index contributed by atoms with van der Waals surface area (Å²) in [5.74, 6) is 0. The molecule has 1 N–H and O–H groups in total. The molecule has 1 atom stereocenters. The maximum absolute atomic E-state index is 12.2. The van der Waals surface area contributed by atoms with Crippen molar-refractivity contribution in [3.8, 4) is 0 Å². The molecule has 0 bridgehead atoms. The number of aromatic nitrogens is 2. The van der Waals surface area contributed by atoms with Gasteiger partial charge in [0, 0.05) is 25.8 Å². The average molecular weight is 250 g/mol. The number of carbonyl (C=O) groups is 1. The lowest BCUT2D eigenvalue weighted by Crippen LogP contribution is -2.48. The normalized spacial score (nSPS) is 19.9. The zero-order valence-electron chi connectivity index (χ0n) is 11.2. The third-order valence-corrected chi connectivity index (χ3v) is 3.70. The van der Waals surface area contributed by atoms with Gasteiger partial charge in [0.1, 0.15) is 0 Å². The lowest BCUT2D eigenvalue weighted by atomic mass is 10.0. The summed E-state index contributed by atoms with van der Waals surface area (Å²) in [6.45, 7) is 3.58. The first-order valence-electron chi connectivity index (χ1n) is 6.73. The minimum absolute atomic E-state index is 0.0581. The molecule has 1 aromatic rings. The van der Waals surface area contributed by atoms with Crippen LogP contribution in [0.1, 0.15) is 38.3 Å². The van der Waals surface area contributed by atoms with Crippen molar-refractivity contribution in [1.82, 2.24) is 20.0 Å². The van der Waals surface area contributed by atoms with Crippen LogP contribution in [0.5, 0.6) is 0 Å². The summed E-state index contributed by atoms with van der Waals surface area (Å²) < 4.78 is 1.79. The molecule has 0 spiro atoms. The van der Waals surface area contributed by atoms with Crippen molar-refractivity contribution in [1.29, 1.82) is 0 Å². The van der Waals surface area contributed by atoms with Gasteiger partial charge in [-0.25, -0.2) is 4.79 Å². The molecule has 0 aliphatic carbocycles. The van der Waals surface area contributed by atoms with Crippen LogP contribution in [0.15, 0.2) is 12.3 Å². The predicted molar refractivity (Wildman–Crippen MR) is 70.1 cm³/mol. The number of aryl methyl sites for hydroxylation is 1. The summed E-state index contributed by atoms with van der Waals surface area (Å²) >= 11 is 0. The van der Waals surface area contributed by atoms with Crippen molar-refractivity contribution in [2.75, 3.05) is 6.54 Å². The van der Waals surface area contributed by atoms with Crippen LogP contribution in [0.4, 0.5) is 4.79 Å². The lowest BCUT2D eigenvalue weighted by molar-refractivity contribution is 0.148. The van der Waals surface area contributed by atoms with E-state index in [0.29, 0.717) is 12.6 Å². The van der Waals surface area contributed by atoms with Gasteiger partial charge in [0.2, 0.25) is 0 Å². The van der Waals surface area contributed by atoms with Gasteiger partial charge in [0.25, 0.3) is 0 Å². The number of carbonyl (C=O) groups excluding carboxylic acids is 1. The zero-order valence-corrected chi connectivity index (χ0v) is 11.2. The highest BCUT2D eigenvalue weighted by Gasteiger charge is 2.24. The lowest BCUT2D eigenvalue weighted by Gasteiger charge is -2.35. The van der Waals surface area contributed by atoms with Crippen molar-refractivity contribution in [3.63, 3.8) is 0 Å². The van der Waals surface area contributed by atoms with E-state index in [4.69, 9.17) is 0 Å². The molecule has 2 rings (SSSR count). The zero-order chi connectivity index (χ0) is 13.0. The van der Waals surface area contributed by atoms with Gasteiger partial charge in [0.05, 0.1) is 12.2 Å². The quantitative estimate of drug-likeness (QED) is 0.890. The number of rotatable bonds is 3. The van der Waals surface area contributed by atoms with Crippen LogP contribution >= 0.6 is 0 Å². The van der Waals surface area contributed by atoms with Crippen molar-refractivity contribution in [3.05, 3.63) is 18.0 Å². The van der Waals surface area contributed by atoms with Gasteiger partial charge in [-0.15, -0.1) is 0 Å². The standard InChI is InChI=1S/C13H22N4O/c1-3-11-6-4-5-9-17(11)13(18)14-10-12-7-8-15-16(12)2/h7-8,11H,3-6,9-10H2,1-2H3,(H,14,18). The second kappa shape index (κ2) is 5.89. The van der Waals surface area contributed by atoms with E-state index in [1.165, 1.54) is 6.42 Å². The molecular weight excluding hydrogens is 228 g/mol. The SMILES string of the molecule is CCC1CCCCN1C(=O)NCc1ccnn1C. The van der Waals surface area contributed by atoms with E-state index in [2.05, 4.69) is 17.3 Å². The van der Waals surface area contributed by atoms with E-state index in [-0.39, 0.29) is 6.03 Å². The number of urea groups is 1. The molecule has 0 aromatic carbocycles. The molecule has 5 heteroatoms. The molecule has 5 nitrogen and oxygen atoms in total. The Kier molecular flexibility index (Phi) is 4.23. The summed E-state index contributed by atoms with van der Waals surface area (Å²) in [7, 11) is 1.89. The van der Waals surface area contributed by atoms with Crippen LogP contribution in [-0.2, 0) is 13.6 Å². The monoisotopic (exact) mass is 250 g/mol. The summed E-state index contributed by atoms with van der Waals surface area (Å²) in [5, 5.41) is 7.08. The first kappa shape index (κ1) is 12.9. The second-order valence-corrected chi connectivity index (χ2v) is 4.86. The number of hydrogen-bond acceptors (Lipinski definition) is 2. The molecule has 100 valence electrons. The molecule has 1 aliphatic heterocycles. The van der Waals surface area contributed by atoms with E-state index >= 15 is 0 Å². The van der Waals surface area contributed by atoms with Crippen LogP contribution < -0.4 is 5.32 Å². The largest absolute Gasteiger partial charge is 0.332 e. The Labute approximate surface area is 108 Å². The Morgan fingerprint density at radius 1 is 1.56 bits per heavy atom. The van der Waals surface area contributed by atoms with Crippen LogP contribution in [0.25, 0.3) is 0 Å². The van der Waals surface area contributed by atoms with Gasteiger partial charge in [-0.3, -0.25) is 4.68 Å².